The van der Waals surface area contributed by atoms with Crippen LogP contribution in [-0.2, 0) is 0 Å². The minimum atomic E-state index is -0.418. The van der Waals surface area contributed by atoms with Crippen LogP contribution in [-0.4, -0.2) is 16.1 Å². The number of nitrogens with zero attached hydrogens (tertiary/aromatic N) is 3. The fourth-order valence-corrected chi connectivity index (χ4v) is 2.91. The van der Waals surface area contributed by atoms with E-state index in [0.29, 0.717) is 22.0 Å². The molecule has 4 aromatic rings. The van der Waals surface area contributed by atoms with Gasteiger partial charge in [0.1, 0.15) is 5.52 Å². The van der Waals surface area contributed by atoms with Gasteiger partial charge >= 0.3 is 0 Å². The van der Waals surface area contributed by atoms with Crippen LogP contribution in [0.2, 0.25) is 5.02 Å². The van der Waals surface area contributed by atoms with Gasteiger partial charge in [-0.25, -0.2) is 4.98 Å². The van der Waals surface area contributed by atoms with E-state index in [0.717, 1.165) is 16.8 Å². The molecule has 3 aromatic carbocycles. The summed E-state index contributed by atoms with van der Waals surface area (Å²) in [4.78, 5) is 19.2. The smallest absolute Gasteiger partial charge is 0.270 e. The molecule has 1 heterocycles. The third-order valence-corrected chi connectivity index (χ3v) is 4.38. The SMILES string of the molecule is O=[N+]([O-])c1cccc(/C=C\C=Nc2ccc(-c3nc4cc(Cl)ccc4o3)cc2)c1. The Kier molecular flexibility index (Phi) is 5.18. The minimum absolute atomic E-state index is 0.0566. The first-order valence-electron chi connectivity index (χ1n) is 8.70. The van der Waals surface area contributed by atoms with Gasteiger partial charge in [-0.15, -0.1) is 0 Å². The van der Waals surface area contributed by atoms with E-state index in [1.54, 1.807) is 48.7 Å². The molecule has 4 rings (SSSR count). The molecule has 0 saturated carbocycles. The second-order valence-corrected chi connectivity index (χ2v) is 6.60. The van der Waals surface area contributed by atoms with Gasteiger partial charge < -0.3 is 4.42 Å². The molecule has 0 radical (unpaired) electrons. The number of hydrogen-bond acceptors (Lipinski definition) is 5. The molecule has 0 saturated heterocycles. The number of allylic oxidation sites excluding steroid dienone is 1. The predicted octanol–water partition coefficient (Wildman–Crippen LogP) is 6.47. The lowest BCUT2D eigenvalue weighted by molar-refractivity contribution is -0.384. The van der Waals surface area contributed by atoms with Crippen LogP contribution < -0.4 is 0 Å². The monoisotopic (exact) mass is 403 g/mol. The number of aromatic nitrogens is 1. The first kappa shape index (κ1) is 18.6. The molecular weight excluding hydrogens is 390 g/mol. The Morgan fingerprint density at radius 3 is 2.69 bits per heavy atom. The number of nitro benzene ring substituents is 1. The molecule has 0 fully saturated rings. The molecule has 1 aromatic heterocycles. The Bertz CT molecular complexity index is 1240. The van der Waals surface area contributed by atoms with Crippen molar-refractivity contribution in [2.24, 2.45) is 4.99 Å². The fourth-order valence-electron chi connectivity index (χ4n) is 2.74. The van der Waals surface area contributed by atoms with E-state index in [2.05, 4.69) is 9.98 Å². The van der Waals surface area contributed by atoms with Gasteiger partial charge in [0.15, 0.2) is 5.58 Å². The van der Waals surface area contributed by atoms with E-state index in [-0.39, 0.29) is 5.69 Å². The van der Waals surface area contributed by atoms with E-state index in [9.17, 15) is 10.1 Å². The molecule has 7 heteroatoms. The third-order valence-electron chi connectivity index (χ3n) is 4.14. The van der Waals surface area contributed by atoms with Crippen LogP contribution in [0.3, 0.4) is 0 Å². The summed E-state index contributed by atoms with van der Waals surface area (Å²) in [6, 6.07) is 19.2. The molecule has 29 heavy (non-hydrogen) atoms. The molecule has 6 nitrogen and oxygen atoms in total. The number of hydrogen-bond donors (Lipinski definition) is 0. The zero-order chi connectivity index (χ0) is 20.2. The third kappa shape index (κ3) is 4.39. The second kappa shape index (κ2) is 8.08. The Hall–Kier alpha value is -3.77. The number of non-ortho nitro benzene ring substituents is 1. The van der Waals surface area contributed by atoms with E-state index in [1.807, 2.05) is 24.3 Å². The van der Waals surface area contributed by atoms with Crippen molar-refractivity contribution in [2.45, 2.75) is 0 Å². The highest BCUT2D eigenvalue weighted by Gasteiger charge is 2.08. The first-order chi connectivity index (χ1) is 14.1. The highest BCUT2D eigenvalue weighted by atomic mass is 35.5. The summed E-state index contributed by atoms with van der Waals surface area (Å²) >= 11 is 5.98. The van der Waals surface area contributed by atoms with E-state index in [1.165, 1.54) is 12.1 Å². The van der Waals surface area contributed by atoms with Gasteiger partial charge in [-0.3, -0.25) is 15.1 Å². The molecule has 0 aliphatic heterocycles. The number of benzene rings is 3. The summed E-state index contributed by atoms with van der Waals surface area (Å²) in [6.45, 7) is 0. The molecule has 0 bridgehead atoms. The van der Waals surface area contributed by atoms with Gasteiger partial charge in [0.2, 0.25) is 5.89 Å². The topological polar surface area (TPSA) is 81.5 Å². The summed E-state index contributed by atoms with van der Waals surface area (Å²) in [5.74, 6) is 0.517. The Balaban J connectivity index is 1.46. The van der Waals surface area contributed by atoms with Crippen molar-refractivity contribution < 1.29 is 9.34 Å². The zero-order valence-electron chi connectivity index (χ0n) is 15.0. The van der Waals surface area contributed by atoms with Crippen LogP contribution in [0.15, 0.2) is 82.2 Å². The number of oxazole rings is 1. The molecule has 0 aliphatic carbocycles. The number of fused-ring (bicyclic) bond motifs is 1. The Morgan fingerprint density at radius 2 is 1.90 bits per heavy atom. The molecule has 0 N–H and O–H groups in total. The maximum absolute atomic E-state index is 10.8. The summed E-state index contributed by atoms with van der Waals surface area (Å²) in [7, 11) is 0. The summed E-state index contributed by atoms with van der Waals surface area (Å²) < 4.78 is 5.76. The van der Waals surface area contributed by atoms with Crippen molar-refractivity contribution in [3.63, 3.8) is 0 Å². The largest absolute Gasteiger partial charge is 0.436 e. The van der Waals surface area contributed by atoms with E-state index in [4.69, 9.17) is 16.0 Å². The lowest BCUT2D eigenvalue weighted by Crippen LogP contribution is -1.87. The molecule has 0 spiro atoms. The number of aliphatic imine (C=N–C) groups is 1. The van der Waals surface area contributed by atoms with Crippen LogP contribution in [0.5, 0.6) is 0 Å². The van der Waals surface area contributed by atoms with E-state index >= 15 is 0 Å². The lowest BCUT2D eigenvalue weighted by Gasteiger charge is -1.96. The highest BCUT2D eigenvalue weighted by molar-refractivity contribution is 6.31. The van der Waals surface area contributed by atoms with Crippen molar-refractivity contribution >= 4 is 46.4 Å². The molecule has 0 atom stereocenters. The summed E-state index contributed by atoms with van der Waals surface area (Å²) in [5.41, 5.74) is 3.77. The van der Waals surface area contributed by atoms with Gasteiger partial charge in [0.25, 0.3) is 5.69 Å². The van der Waals surface area contributed by atoms with Crippen molar-refractivity contribution in [1.29, 1.82) is 0 Å². The van der Waals surface area contributed by atoms with Crippen LogP contribution in [0.1, 0.15) is 5.56 Å². The first-order valence-corrected chi connectivity index (χ1v) is 9.08. The van der Waals surface area contributed by atoms with Crippen molar-refractivity contribution in [2.75, 3.05) is 0 Å². The Labute approximate surface area is 170 Å². The molecule has 0 amide bonds. The highest BCUT2D eigenvalue weighted by Crippen LogP contribution is 2.27. The standard InChI is InChI=1S/C22H14ClN3O3/c23-17-8-11-21-20(14-17)25-22(29-21)16-6-9-18(10-7-16)24-12-2-4-15-3-1-5-19(13-15)26(27)28/h1-14H/b4-2-,24-12?. The van der Waals surface area contributed by atoms with Crippen molar-refractivity contribution in [3.8, 4) is 11.5 Å². The molecule has 0 aliphatic rings. The molecule has 142 valence electrons. The van der Waals surface area contributed by atoms with Crippen molar-refractivity contribution in [3.05, 3.63) is 93.5 Å². The van der Waals surface area contributed by atoms with Crippen LogP contribution in [0, 0.1) is 10.1 Å². The van der Waals surface area contributed by atoms with Gasteiger partial charge in [-0.05, 0) is 54.1 Å². The summed E-state index contributed by atoms with van der Waals surface area (Å²) in [6.07, 6.45) is 5.13. The van der Waals surface area contributed by atoms with Gasteiger partial charge in [0, 0.05) is 28.9 Å². The average molecular weight is 404 g/mol. The minimum Gasteiger partial charge on any atom is -0.436 e. The predicted molar refractivity (Wildman–Crippen MR) is 115 cm³/mol. The van der Waals surface area contributed by atoms with Crippen LogP contribution >= 0.6 is 11.6 Å². The summed E-state index contributed by atoms with van der Waals surface area (Å²) in [5, 5.41) is 11.4. The van der Waals surface area contributed by atoms with Crippen molar-refractivity contribution in [1.82, 2.24) is 4.98 Å². The average Bonchev–Trinajstić information content (AvgIpc) is 3.15. The van der Waals surface area contributed by atoms with Crippen LogP contribution in [0.4, 0.5) is 11.4 Å². The zero-order valence-corrected chi connectivity index (χ0v) is 15.8. The fraction of sp³-hybridized carbons (Fsp3) is 0. The normalized spacial score (nSPS) is 11.6. The van der Waals surface area contributed by atoms with Crippen LogP contribution in [0.25, 0.3) is 28.6 Å². The quantitative estimate of drug-likeness (QED) is 0.217. The van der Waals surface area contributed by atoms with E-state index < -0.39 is 4.92 Å². The number of rotatable bonds is 5. The number of nitro groups is 1. The van der Waals surface area contributed by atoms with Gasteiger partial charge in [-0.2, -0.15) is 0 Å². The maximum atomic E-state index is 10.8. The lowest BCUT2D eigenvalue weighted by atomic mass is 10.2. The van der Waals surface area contributed by atoms with Gasteiger partial charge in [0.05, 0.1) is 10.6 Å². The second-order valence-electron chi connectivity index (χ2n) is 6.17. The molecular formula is C22H14ClN3O3. The maximum Gasteiger partial charge on any atom is 0.270 e. The Morgan fingerprint density at radius 1 is 1.07 bits per heavy atom. The number of halogens is 1. The molecule has 0 unspecified atom stereocenters. The van der Waals surface area contributed by atoms with Gasteiger partial charge in [-0.1, -0.05) is 29.8 Å².